The Morgan fingerprint density at radius 1 is 1.27 bits per heavy atom. The first-order valence-corrected chi connectivity index (χ1v) is 7.05. The van der Waals surface area contributed by atoms with Crippen LogP contribution in [-0.4, -0.2) is 55.3 Å². The summed E-state index contributed by atoms with van der Waals surface area (Å²) < 4.78 is 19.4. The Bertz CT molecular complexity index is 718. The number of aromatic nitrogens is 4. The molecular weight excluding hydrogens is 290 g/mol. The van der Waals surface area contributed by atoms with Gasteiger partial charge < -0.3 is 25.1 Å². The minimum atomic E-state index is -0.727. The first-order chi connectivity index (χ1) is 10.5. The van der Waals surface area contributed by atoms with Crippen LogP contribution in [0.3, 0.4) is 0 Å². The number of nitrogen functional groups attached to an aromatic ring is 1. The van der Waals surface area contributed by atoms with Crippen LogP contribution >= 0.6 is 0 Å². The van der Waals surface area contributed by atoms with E-state index in [-0.39, 0.29) is 18.8 Å². The molecule has 3 N–H and O–H groups in total. The standard InChI is InChI=1S/C13H17N5O4/c1-13(2)21-8-6(3-19)20-12(9(8)22-13)18-5-17-7-10(14)15-4-16-11(7)18/h4-6,8-9,12,19H,3H2,1-2H3,(H2,14,15,16)/t6-,8?,9?,12-/m1/s1. The van der Waals surface area contributed by atoms with Crippen molar-refractivity contribution in [2.24, 2.45) is 0 Å². The van der Waals surface area contributed by atoms with Gasteiger partial charge in [0.2, 0.25) is 0 Å². The number of fused-ring (bicyclic) bond motifs is 2. The Kier molecular flexibility index (Phi) is 2.89. The molecule has 4 rings (SSSR count). The summed E-state index contributed by atoms with van der Waals surface area (Å²) in [6.07, 6.45) is 1.30. The van der Waals surface area contributed by atoms with Crippen LogP contribution in [0.4, 0.5) is 5.82 Å². The van der Waals surface area contributed by atoms with Gasteiger partial charge in [-0.1, -0.05) is 0 Å². The average molecular weight is 307 g/mol. The molecule has 9 heteroatoms. The van der Waals surface area contributed by atoms with Crippen molar-refractivity contribution in [2.75, 3.05) is 12.3 Å². The van der Waals surface area contributed by atoms with E-state index in [9.17, 15) is 5.11 Å². The third-order valence-electron chi connectivity index (χ3n) is 3.97. The number of hydrogen-bond acceptors (Lipinski definition) is 8. The molecule has 4 heterocycles. The van der Waals surface area contributed by atoms with Crippen LogP contribution in [0.25, 0.3) is 11.2 Å². The predicted molar refractivity (Wildman–Crippen MR) is 74.6 cm³/mol. The molecule has 0 aliphatic carbocycles. The minimum absolute atomic E-state index is 0.152. The van der Waals surface area contributed by atoms with Crippen molar-refractivity contribution in [1.29, 1.82) is 0 Å². The SMILES string of the molecule is CC1(C)OC2C(O1)[C@@H](CO)O[C@H]2n1cnc2c(N)ncnc21. The zero-order chi connectivity index (χ0) is 15.5. The van der Waals surface area contributed by atoms with Gasteiger partial charge in [-0.2, -0.15) is 0 Å². The molecule has 2 aliphatic rings. The van der Waals surface area contributed by atoms with Gasteiger partial charge >= 0.3 is 0 Å². The lowest BCUT2D eigenvalue weighted by Gasteiger charge is -2.24. The topological polar surface area (TPSA) is 118 Å². The van der Waals surface area contributed by atoms with Crippen LogP contribution in [0.15, 0.2) is 12.7 Å². The Balaban J connectivity index is 1.77. The maximum atomic E-state index is 9.52. The molecule has 0 saturated carbocycles. The van der Waals surface area contributed by atoms with Crippen molar-refractivity contribution in [3.8, 4) is 0 Å². The molecule has 118 valence electrons. The molecule has 22 heavy (non-hydrogen) atoms. The third kappa shape index (κ3) is 1.90. The highest BCUT2D eigenvalue weighted by Crippen LogP contribution is 2.43. The molecule has 2 aliphatic heterocycles. The van der Waals surface area contributed by atoms with E-state index >= 15 is 0 Å². The number of imidazole rings is 1. The quantitative estimate of drug-likeness (QED) is 0.784. The van der Waals surface area contributed by atoms with E-state index < -0.39 is 18.1 Å². The summed E-state index contributed by atoms with van der Waals surface area (Å²) in [5.74, 6) is -0.421. The van der Waals surface area contributed by atoms with Crippen LogP contribution in [0, 0.1) is 0 Å². The monoisotopic (exact) mass is 307 g/mol. The highest BCUT2D eigenvalue weighted by atomic mass is 16.8. The lowest BCUT2D eigenvalue weighted by atomic mass is 10.1. The zero-order valence-corrected chi connectivity index (χ0v) is 12.2. The Morgan fingerprint density at radius 3 is 2.82 bits per heavy atom. The van der Waals surface area contributed by atoms with Crippen molar-refractivity contribution < 1.29 is 19.3 Å². The number of ether oxygens (including phenoxy) is 3. The van der Waals surface area contributed by atoms with Crippen LogP contribution in [0.2, 0.25) is 0 Å². The van der Waals surface area contributed by atoms with E-state index in [1.54, 1.807) is 10.9 Å². The number of anilines is 1. The summed E-state index contributed by atoms with van der Waals surface area (Å²) in [7, 11) is 0. The van der Waals surface area contributed by atoms with Gasteiger partial charge in [0.1, 0.15) is 30.2 Å². The smallest absolute Gasteiger partial charge is 0.167 e. The summed E-state index contributed by atoms with van der Waals surface area (Å²) in [6, 6.07) is 0. The second-order valence-electron chi connectivity index (χ2n) is 5.90. The van der Waals surface area contributed by atoms with Crippen LogP contribution < -0.4 is 5.73 Å². The summed E-state index contributed by atoms with van der Waals surface area (Å²) >= 11 is 0. The van der Waals surface area contributed by atoms with Crippen LogP contribution in [0.1, 0.15) is 20.1 Å². The minimum Gasteiger partial charge on any atom is -0.394 e. The fraction of sp³-hybridized carbons (Fsp3) is 0.615. The molecule has 0 radical (unpaired) electrons. The lowest BCUT2D eigenvalue weighted by Crippen LogP contribution is -2.31. The van der Waals surface area contributed by atoms with Gasteiger partial charge in [-0.15, -0.1) is 0 Å². The molecule has 9 nitrogen and oxygen atoms in total. The number of aliphatic hydroxyl groups excluding tert-OH is 1. The van der Waals surface area contributed by atoms with E-state index in [0.717, 1.165) is 0 Å². The number of nitrogens with two attached hydrogens (primary N) is 1. The van der Waals surface area contributed by atoms with Crippen molar-refractivity contribution in [2.45, 2.75) is 44.2 Å². The molecular formula is C13H17N5O4. The van der Waals surface area contributed by atoms with Crippen molar-refractivity contribution in [3.05, 3.63) is 12.7 Å². The summed E-state index contributed by atoms with van der Waals surface area (Å²) in [6.45, 7) is 3.52. The highest BCUT2D eigenvalue weighted by molar-refractivity contribution is 5.81. The molecule has 2 aromatic heterocycles. The molecule has 2 saturated heterocycles. The summed E-state index contributed by atoms with van der Waals surface area (Å²) in [5.41, 5.74) is 6.87. The predicted octanol–water partition coefficient (Wildman–Crippen LogP) is -0.182. The molecule has 2 unspecified atom stereocenters. The summed E-state index contributed by atoms with van der Waals surface area (Å²) in [5, 5.41) is 9.52. The maximum absolute atomic E-state index is 9.52. The number of aliphatic hydroxyl groups is 1. The Hall–Kier alpha value is -1.81. The van der Waals surface area contributed by atoms with Crippen molar-refractivity contribution in [1.82, 2.24) is 19.5 Å². The number of rotatable bonds is 2. The fourth-order valence-electron chi connectivity index (χ4n) is 3.09. The first-order valence-electron chi connectivity index (χ1n) is 7.05. The van der Waals surface area contributed by atoms with E-state index in [2.05, 4.69) is 15.0 Å². The van der Waals surface area contributed by atoms with E-state index in [0.29, 0.717) is 17.0 Å². The van der Waals surface area contributed by atoms with Gasteiger partial charge in [-0.3, -0.25) is 4.57 Å². The number of nitrogens with zero attached hydrogens (tertiary/aromatic N) is 4. The van der Waals surface area contributed by atoms with Crippen LogP contribution in [0.5, 0.6) is 0 Å². The van der Waals surface area contributed by atoms with Crippen LogP contribution in [-0.2, 0) is 14.2 Å². The molecule has 0 aromatic carbocycles. The second-order valence-corrected chi connectivity index (χ2v) is 5.90. The first kappa shape index (κ1) is 13.8. The van der Waals surface area contributed by atoms with Gasteiger partial charge in [0.25, 0.3) is 0 Å². The fourth-order valence-corrected chi connectivity index (χ4v) is 3.09. The zero-order valence-electron chi connectivity index (χ0n) is 12.2. The molecule has 0 spiro atoms. The highest BCUT2D eigenvalue weighted by Gasteiger charge is 2.55. The Morgan fingerprint density at radius 2 is 2.05 bits per heavy atom. The van der Waals surface area contributed by atoms with E-state index in [1.807, 2.05) is 13.8 Å². The van der Waals surface area contributed by atoms with Gasteiger partial charge in [-0.05, 0) is 13.8 Å². The van der Waals surface area contributed by atoms with Crippen molar-refractivity contribution >= 4 is 17.0 Å². The normalized spacial score (nSPS) is 33.4. The average Bonchev–Trinajstić information content (AvgIpc) is 3.10. The van der Waals surface area contributed by atoms with Gasteiger partial charge in [0.15, 0.2) is 23.5 Å². The second kappa shape index (κ2) is 4.59. The maximum Gasteiger partial charge on any atom is 0.167 e. The van der Waals surface area contributed by atoms with Gasteiger partial charge in [0.05, 0.1) is 12.9 Å². The summed E-state index contributed by atoms with van der Waals surface area (Å²) in [4.78, 5) is 12.4. The molecule has 0 bridgehead atoms. The van der Waals surface area contributed by atoms with E-state index in [4.69, 9.17) is 19.9 Å². The third-order valence-corrected chi connectivity index (χ3v) is 3.97. The lowest BCUT2D eigenvalue weighted by molar-refractivity contribution is -0.199. The van der Waals surface area contributed by atoms with Gasteiger partial charge in [-0.25, -0.2) is 15.0 Å². The molecule has 0 amide bonds. The Labute approximate surface area is 126 Å². The van der Waals surface area contributed by atoms with Crippen molar-refractivity contribution in [3.63, 3.8) is 0 Å². The molecule has 2 aromatic rings. The number of hydrogen-bond donors (Lipinski definition) is 2. The molecule has 2 fully saturated rings. The van der Waals surface area contributed by atoms with Gasteiger partial charge in [0, 0.05) is 0 Å². The van der Waals surface area contributed by atoms with E-state index in [1.165, 1.54) is 6.33 Å². The molecule has 4 atom stereocenters. The largest absolute Gasteiger partial charge is 0.394 e.